The maximum Gasteiger partial charge on any atom is 0.251 e. The van der Waals surface area contributed by atoms with E-state index < -0.39 is 5.54 Å². The number of anilines is 1. The predicted octanol–water partition coefficient (Wildman–Crippen LogP) is 4.42. The Morgan fingerprint density at radius 3 is 2.85 bits per heavy atom. The molecular weight excluding hydrogens is 419 g/mol. The van der Waals surface area contributed by atoms with Crippen LogP contribution in [-0.2, 0) is 11.3 Å². The van der Waals surface area contributed by atoms with E-state index in [0.717, 1.165) is 24.9 Å². The Kier molecular flexibility index (Phi) is 6.33. The first-order chi connectivity index (χ1) is 15.8. The minimum absolute atomic E-state index is 0.109. The summed E-state index contributed by atoms with van der Waals surface area (Å²) in [5.41, 5.74) is 7.72. The van der Waals surface area contributed by atoms with Crippen molar-refractivity contribution in [2.24, 2.45) is 10.7 Å². The van der Waals surface area contributed by atoms with Gasteiger partial charge in [-0.05, 0) is 74.9 Å². The molecule has 0 aliphatic carbocycles. The number of allylic oxidation sites excluding steroid dienone is 1. The molecule has 0 radical (unpaired) electrons. The number of phenols is 1. The molecule has 0 bridgehead atoms. The zero-order valence-electron chi connectivity index (χ0n) is 18.9. The summed E-state index contributed by atoms with van der Waals surface area (Å²) in [5.74, 6) is -0.336. The molecule has 2 aliphatic heterocycles. The molecule has 2 aliphatic rings. The molecule has 7 heteroatoms. The van der Waals surface area contributed by atoms with E-state index in [2.05, 4.69) is 16.8 Å². The van der Waals surface area contributed by atoms with Crippen LogP contribution in [0.5, 0.6) is 5.75 Å². The van der Waals surface area contributed by atoms with Gasteiger partial charge in [0.25, 0.3) is 5.91 Å². The van der Waals surface area contributed by atoms with Crippen molar-refractivity contribution in [3.8, 4) is 5.75 Å². The number of hydrogen-bond acceptors (Lipinski definition) is 5. The number of amides is 1. The van der Waals surface area contributed by atoms with Crippen molar-refractivity contribution in [1.29, 1.82) is 0 Å². The van der Waals surface area contributed by atoms with Crippen molar-refractivity contribution >= 4 is 23.0 Å². The summed E-state index contributed by atoms with van der Waals surface area (Å²) < 4.78 is 13.8. The number of halogens is 1. The first kappa shape index (κ1) is 22.7. The van der Waals surface area contributed by atoms with Crippen LogP contribution in [0.1, 0.15) is 32.3 Å². The summed E-state index contributed by atoms with van der Waals surface area (Å²) in [6.07, 6.45) is 8.16. The van der Waals surface area contributed by atoms with Gasteiger partial charge in [0, 0.05) is 36.6 Å². The van der Waals surface area contributed by atoms with Crippen molar-refractivity contribution in [3.05, 3.63) is 78.3 Å². The van der Waals surface area contributed by atoms with Gasteiger partial charge in [-0.25, -0.2) is 9.38 Å². The average Bonchev–Trinajstić information content (AvgIpc) is 3.07. The molecule has 2 heterocycles. The highest BCUT2D eigenvalue weighted by Gasteiger charge is 2.46. The van der Waals surface area contributed by atoms with Crippen LogP contribution in [0.25, 0.3) is 0 Å². The lowest BCUT2D eigenvalue weighted by atomic mass is 9.82. The molecule has 3 N–H and O–H groups in total. The third-order valence-electron chi connectivity index (χ3n) is 6.43. The van der Waals surface area contributed by atoms with Crippen molar-refractivity contribution in [1.82, 2.24) is 4.90 Å². The highest BCUT2D eigenvalue weighted by molar-refractivity contribution is 6.06. The fourth-order valence-corrected chi connectivity index (χ4v) is 4.85. The number of aliphatic imine (C=N–C) groups is 1. The minimum atomic E-state index is -0.449. The van der Waals surface area contributed by atoms with E-state index in [1.807, 2.05) is 19.1 Å². The zero-order chi connectivity index (χ0) is 23.6. The Labute approximate surface area is 193 Å². The molecule has 33 heavy (non-hydrogen) atoms. The van der Waals surface area contributed by atoms with Crippen LogP contribution in [-0.4, -0.2) is 39.8 Å². The van der Waals surface area contributed by atoms with E-state index in [4.69, 9.17) is 5.73 Å². The van der Waals surface area contributed by atoms with Gasteiger partial charge in [-0.3, -0.25) is 14.6 Å². The minimum Gasteiger partial charge on any atom is -0.506 e. The van der Waals surface area contributed by atoms with Gasteiger partial charge < -0.3 is 10.8 Å². The number of benzene rings is 2. The third kappa shape index (κ3) is 4.68. The van der Waals surface area contributed by atoms with Crippen molar-refractivity contribution < 1.29 is 14.3 Å². The molecule has 1 fully saturated rings. The molecule has 4 rings (SSSR count). The Morgan fingerprint density at radius 2 is 2.15 bits per heavy atom. The van der Waals surface area contributed by atoms with E-state index in [0.29, 0.717) is 23.6 Å². The van der Waals surface area contributed by atoms with Crippen LogP contribution in [0.3, 0.4) is 0 Å². The van der Waals surface area contributed by atoms with E-state index in [1.54, 1.807) is 41.3 Å². The molecule has 1 spiro atoms. The summed E-state index contributed by atoms with van der Waals surface area (Å²) >= 11 is 0. The van der Waals surface area contributed by atoms with Crippen LogP contribution in [0.2, 0.25) is 0 Å². The van der Waals surface area contributed by atoms with Gasteiger partial charge in [0.15, 0.2) is 0 Å². The molecule has 172 valence electrons. The normalized spacial score (nSPS) is 23.8. The maximum absolute atomic E-state index is 13.8. The van der Waals surface area contributed by atoms with E-state index >= 15 is 0 Å². The quantitative estimate of drug-likeness (QED) is 0.664. The smallest absolute Gasteiger partial charge is 0.251 e. The molecule has 2 atom stereocenters. The molecule has 0 unspecified atom stereocenters. The van der Waals surface area contributed by atoms with Crippen LogP contribution in [0.4, 0.5) is 15.8 Å². The lowest BCUT2D eigenvalue weighted by Crippen LogP contribution is -2.56. The molecule has 0 saturated carbocycles. The molecule has 2 aromatic rings. The van der Waals surface area contributed by atoms with Gasteiger partial charge in [0.1, 0.15) is 17.3 Å². The van der Waals surface area contributed by atoms with E-state index in [9.17, 15) is 14.3 Å². The second-order valence-corrected chi connectivity index (χ2v) is 8.80. The van der Waals surface area contributed by atoms with Crippen LogP contribution in [0.15, 0.2) is 71.9 Å². The second kappa shape index (κ2) is 9.19. The number of hydrogen-bond donors (Lipinski definition) is 2. The summed E-state index contributed by atoms with van der Waals surface area (Å²) in [7, 11) is 0. The second-order valence-electron chi connectivity index (χ2n) is 8.80. The number of aromatic hydroxyl groups is 1. The lowest BCUT2D eigenvalue weighted by molar-refractivity contribution is -0.114. The predicted molar refractivity (Wildman–Crippen MR) is 129 cm³/mol. The standard InChI is InChI=1S/C26H29FN4O2/c1-18(9-12-28)29-23-7-6-20(14-24(23)32)17-30-13-11-26(16-19(30)2)10-8-25(33)31(26)22-5-3-4-21(27)15-22/h3-10,12,14-15,19,32H,11,13,16-17,28H2,1-2H3/t19-,26+/m0/s1. The van der Waals surface area contributed by atoms with Crippen LogP contribution < -0.4 is 10.6 Å². The number of carbonyl (C=O) groups excluding carboxylic acids is 1. The summed E-state index contributed by atoms with van der Waals surface area (Å²) in [6, 6.07) is 11.9. The van der Waals surface area contributed by atoms with Gasteiger partial charge >= 0.3 is 0 Å². The molecule has 6 nitrogen and oxygen atoms in total. The van der Waals surface area contributed by atoms with Crippen LogP contribution in [0, 0.1) is 5.82 Å². The number of likely N-dealkylation sites (tertiary alicyclic amines) is 1. The number of nitrogens with zero attached hydrogens (tertiary/aromatic N) is 3. The SMILES string of the molecule is CC(C=CN)=Nc1ccc(CN2CC[C@]3(C=CC(=O)N3c3cccc(F)c3)C[C@@H]2C)cc1O. The number of piperidine rings is 1. The first-order valence-electron chi connectivity index (χ1n) is 11.1. The molecule has 0 aromatic heterocycles. The van der Waals surface area contributed by atoms with Gasteiger partial charge in [-0.1, -0.05) is 18.2 Å². The highest BCUT2D eigenvalue weighted by Crippen LogP contribution is 2.41. The fraction of sp³-hybridized carbons (Fsp3) is 0.308. The van der Waals surface area contributed by atoms with Gasteiger partial charge in [0.05, 0.1) is 5.54 Å². The summed E-state index contributed by atoms with van der Waals surface area (Å²) in [6.45, 7) is 5.40. The Balaban J connectivity index is 1.49. The average molecular weight is 449 g/mol. The highest BCUT2D eigenvalue weighted by atomic mass is 19.1. The zero-order valence-corrected chi connectivity index (χ0v) is 18.9. The van der Waals surface area contributed by atoms with Crippen molar-refractivity contribution in [2.45, 2.75) is 44.8 Å². The monoisotopic (exact) mass is 448 g/mol. The number of rotatable bonds is 5. The van der Waals surface area contributed by atoms with Crippen LogP contribution >= 0.6 is 0 Å². The fourth-order valence-electron chi connectivity index (χ4n) is 4.85. The third-order valence-corrected chi connectivity index (χ3v) is 6.43. The largest absolute Gasteiger partial charge is 0.506 e. The Hall–Kier alpha value is -3.45. The van der Waals surface area contributed by atoms with Gasteiger partial charge in [-0.2, -0.15) is 0 Å². The number of phenolic OH excluding ortho intramolecular Hbond substituents is 1. The van der Waals surface area contributed by atoms with Crippen molar-refractivity contribution in [3.63, 3.8) is 0 Å². The Morgan fingerprint density at radius 1 is 1.33 bits per heavy atom. The number of nitrogens with two attached hydrogens (primary N) is 1. The summed E-state index contributed by atoms with van der Waals surface area (Å²) in [4.78, 5) is 21.1. The molecule has 1 amide bonds. The lowest BCUT2D eigenvalue weighted by Gasteiger charge is -2.47. The Bertz CT molecular complexity index is 1140. The topological polar surface area (TPSA) is 82.2 Å². The molecule has 1 saturated heterocycles. The number of carbonyl (C=O) groups is 1. The maximum atomic E-state index is 13.8. The van der Waals surface area contributed by atoms with E-state index in [1.165, 1.54) is 18.3 Å². The van der Waals surface area contributed by atoms with Gasteiger partial charge in [-0.15, -0.1) is 0 Å². The molecular formula is C26H29FN4O2. The molecule has 2 aromatic carbocycles. The van der Waals surface area contributed by atoms with Crippen molar-refractivity contribution in [2.75, 3.05) is 11.4 Å². The first-order valence-corrected chi connectivity index (χ1v) is 11.1. The van der Waals surface area contributed by atoms with Gasteiger partial charge in [0.2, 0.25) is 0 Å². The summed E-state index contributed by atoms with van der Waals surface area (Å²) in [5, 5.41) is 10.4. The van der Waals surface area contributed by atoms with E-state index in [-0.39, 0.29) is 23.5 Å².